The van der Waals surface area contributed by atoms with Gasteiger partial charge in [-0.15, -0.1) is 0 Å². The van der Waals surface area contributed by atoms with Gasteiger partial charge in [-0.2, -0.15) is 0 Å². The van der Waals surface area contributed by atoms with Gasteiger partial charge in [-0.3, -0.25) is 4.79 Å². The van der Waals surface area contributed by atoms with Crippen molar-refractivity contribution in [3.05, 3.63) is 60.2 Å². The fourth-order valence-corrected chi connectivity index (χ4v) is 10.6. The van der Waals surface area contributed by atoms with Gasteiger partial charge in [-0.05, 0) is 110 Å². The van der Waals surface area contributed by atoms with E-state index in [1.807, 2.05) is 63.2 Å². The average molecular weight is 497 g/mol. The molecule has 6 aliphatic rings. The zero-order valence-electron chi connectivity index (χ0n) is 21.9. The summed E-state index contributed by atoms with van der Waals surface area (Å²) < 4.78 is 12.4. The van der Waals surface area contributed by atoms with E-state index in [9.17, 15) is 9.59 Å². The minimum absolute atomic E-state index is 0.165. The van der Waals surface area contributed by atoms with Crippen molar-refractivity contribution in [2.24, 2.45) is 65.1 Å². The Labute approximate surface area is 218 Å². The molecule has 5 saturated carbocycles. The fraction of sp³-hybridized carbons (Fsp3) is 0.576. The van der Waals surface area contributed by atoms with E-state index in [2.05, 4.69) is 12.2 Å². The Balaban J connectivity index is 1.14. The second-order valence-corrected chi connectivity index (χ2v) is 13.8. The van der Waals surface area contributed by atoms with Crippen molar-refractivity contribution in [1.29, 1.82) is 0 Å². The van der Waals surface area contributed by atoms with Crippen LogP contribution < -0.4 is 0 Å². The minimum atomic E-state index is -0.558. The molecular formula is C33H36O4. The number of rotatable bonds is 3. The molecule has 0 spiro atoms. The zero-order chi connectivity index (χ0) is 25.2. The van der Waals surface area contributed by atoms with Crippen LogP contribution in [0.4, 0.5) is 0 Å². The Morgan fingerprint density at radius 3 is 2.14 bits per heavy atom. The van der Waals surface area contributed by atoms with Crippen molar-refractivity contribution in [3.8, 4) is 0 Å². The maximum absolute atomic E-state index is 13.7. The quantitative estimate of drug-likeness (QED) is 0.285. The summed E-state index contributed by atoms with van der Waals surface area (Å²) >= 11 is 0. The number of hydrogen-bond acceptors (Lipinski definition) is 4. The molecule has 4 nitrogen and oxygen atoms in total. The van der Waals surface area contributed by atoms with Gasteiger partial charge in [0.25, 0.3) is 0 Å². The topological polar surface area (TPSA) is 52.6 Å². The minimum Gasteiger partial charge on any atom is -0.460 e. The van der Waals surface area contributed by atoms with E-state index in [0.29, 0.717) is 17.4 Å². The molecule has 12 atom stereocenters. The van der Waals surface area contributed by atoms with Crippen molar-refractivity contribution in [1.82, 2.24) is 0 Å². The highest BCUT2D eigenvalue weighted by atomic mass is 16.6. The first-order chi connectivity index (χ1) is 17.8. The van der Waals surface area contributed by atoms with E-state index < -0.39 is 5.60 Å². The van der Waals surface area contributed by atoms with Gasteiger partial charge in [-0.25, -0.2) is 4.79 Å². The second kappa shape index (κ2) is 7.48. The lowest BCUT2D eigenvalue weighted by molar-refractivity contribution is -0.171. The molecule has 6 bridgehead atoms. The van der Waals surface area contributed by atoms with Gasteiger partial charge in [-0.1, -0.05) is 48.6 Å². The summed E-state index contributed by atoms with van der Waals surface area (Å²) in [5, 5.41) is 1.93. The first-order valence-corrected chi connectivity index (χ1v) is 14.4. The van der Waals surface area contributed by atoms with Gasteiger partial charge in [0.1, 0.15) is 11.7 Å². The third-order valence-electron chi connectivity index (χ3n) is 11.3. The number of hydrogen-bond donors (Lipinski definition) is 0. The van der Waals surface area contributed by atoms with Gasteiger partial charge >= 0.3 is 11.9 Å². The number of fused-ring (bicyclic) bond motifs is 17. The van der Waals surface area contributed by atoms with Crippen molar-refractivity contribution in [2.75, 3.05) is 0 Å². The maximum atomic E-state index is 13.7. The lowest BCUT2D eigenvalue weighted by Crippen LogP contribution is -2.50. The molecule has 0 radical (unpaired) electrons. The summed E-state index contributed by atoms with van der Waals surface area (Å²) in [4.78, 5) is 27.4. The van der Waals surface area contributed by atoms with Crippen LogP contribution in [0.15, 0.2) is 54.6 Å². The van der Waals surface area contributed by atoms with Crippen LogP contribution in [0.25, 0.3) is 10.8 Å². The van der Waals surface area contributed by atoms with Gasteiger partial charge in [0.15, 0.2) is 0 Å². The molecule has 37 heavy (non-hydrogen) atoms. The molecule has 6 aliphatic carbocycles. The Morgan fingerprint density at radius 1 is 0.757 bits per heavy atom. The number of carbonyl (C=O) groups is 2. The van der Waals surface area contributed by atoms with Gasteiger partial charge < -0.3 is 9.47 Å². The van der Waals surface area contributed by atoms with E-state index in [0.717, 1.165) is 52.7 Å². The van der Waals surface area contributed by atoms with E-state index in [1.54, 1.807) is 0 Å². The Hall–Kier alpha value is -2.62. The third-order valence-corrected chi connectivity index (χ3v) is 11.3. The van der Waals surface area contributed by atoms with Crippen LogP contribution in [-0.4, -0.2) is 23.6 Å². The molecule has 0 heterocycles. The van der Waals surface area contributed by atoms with Gasteiger partial charge in [0.2, 0.25) is 0 Å². The number of benzene rings is 2. The summed E-state index contributed by atoms with van der Waals surface area (Å²) in [6, 6.07) is 13.7. The molecule has 0 aliphatic heterocycles. The lowest BCUT2D eigenvalue weighted by Gasteiger charge is -2.47. The molecule has 12 unspecified atom stereocenters. The summed E-state index contributed by atoms with van der Waals surface area (Å²) in [7, 11) is 0. The van der Waals surface area contributed by atoms with E-state index in [1.165, 1.54) is 12.8 Å². The second-order valence-electron chi connectivity index (χ2n) is 13.8. The van der Waals surface area contributed by atoms with Crippen molar-refractivity contribution < 1.29 is 19.1 Å². The number of ether oxygens (including phenoxy) is 2. The summed E-state index contributed by atoms with van der Waals surface area (Å²) in [6.07, 6.45) is 8.26. The van der Waals surface area contributed by atoms with Crippen LogP contribution in [0.5, 0.6) is 0 Å². The average Bonchev–Trinajstić information content (AvgIpc) is 3.68. The van der Waals surface area contributed by atoms with E-state index >= 15 is 0 Å². The Morgan fingerprint density at radius 2 is 1.41 bits per heavy atom. The number of allylic oxidation sites excluding steroid dienone is 2. The van der Waals surface area contributed by atoms with Crippen molar-refractivity contribution in [2.45, 2.75) is 51.7 Å². The molecule has 0 aromatic heterocycles. The van der Waals surface area contributed by atoms with E-state index in [-0.39, 0.29) is 35.8 Å². The maximum Gasteiger partial charge on any atom is 0.339 e. The first-order valence-electron chi connectivity index (χ1n) is 14.4. The molecule has 0 N–H and O–H groups in total. The molecule has 2 aromatic rings. The number of carbonyl (C=O) groups excluding carboxylic acids is 2. The molecule has 0 amide bonds. The lowest BCUT2D eigenvalue weighted by atomic mass is 9.58. The molecule has 0 saturated heterocycles. The zero-order valence-corrected chi connectivity index (χ0v) is 21.9. The molecule has 5 fully saturated rings. The first kappa shape index (κ1) is 22.4. The normalized spacial score (nSPS) is 43.9. The highest BCUT2D eigenvalue weighted by molar-refractivity contribution is 6.04. The van der Waals surface area contributed by atoms with Crippen LogP contribution in [0.3, 0.4) is 0 Å². The summed E-state index contributed by atoms with van der Waals surface area (Å²) in [5.41, 5.74) is 0.0316. The number of esters is 2. The molecular weight excluding hydrogens is 460 g/mol. The summed E-state index contributed by atoms with van der Waals surface area (Å²) in [5.74, 6) is 5.51. The largest absolute Gasteiger partial charge is 0.460 e. The van der Waals surface area contributed by atoms with Crippen LogP contribution in [-0.2, 0) is 14.3 Å². The van der Waals surface area contributed by atoms with Gasteiger partial charge in [0, 0.05) is 5.92 Å². The molecule has 2 aromatic carbocycles. The van der Waals surface area contributed by atoms with Crippen LogP contribution in [0.1, 0.15) is 50.4 Å². The molecule has 192 valence electrons. The van der Waals surface area contributed by atoms with Gasteiger partial charge in [0.05, 0.1) is 11.5 Å². The van der Waals surface area contributed by atoms with Crippen LogP contribution >= 0.6 is 0 Å². The monoisotopic (exact) mass is 496 g/mol. The summed E-state index contributed by atoms with van der Waals surface area (Å²) in [6.45, 7) is 5.80. The SMILES string of the molecule is CC(C)(C)OC(=O)C1C2CC(C1OC(=O)c1cccc3ccccc13)C1C3CC(C4C5C=CC(C5)C34)C21. The predicted octanol–water partition coefficient (Wildman–Crippen LogP) is 6.29. The highest BCUT2D eigenvalue weighted by Crippen LogP contribution is 2.76. The van der Waals surface area contributed by atoms with E-state index in [4.69, 9.17) is 9.47 Å². The predicted molar refractivity (Wildman–Crippen MR) is 140 cm³/mol. The van der Waals surface area contributed by atoms with Crippen LogP contribution in [0, 0.1) is 65.1 Å². The van der Waals surface area contributed by atoms with Crippen LogP contribution in [0.2, 0.25) is 0 Å². The molecule has 4 heteroatoms. The highest BCUT2D eigenvalue weighted by Gasteiger charge is 2.74. The Bertz CT molecular complexity index is 1330. The van der Waals surface area contributed by atoms with Crippen molar-refractivity contribution in [3.63, 3.8) is 0 Å². The van der Waals surface area contributed by atoms with Crippen molar-refractivity contribution >= 4 is 22.7 Å². The Kier molecular flexibility index (Phi) is 4.53. The standard InChI is InChI=1S/C33H36O4/c1-33(2,3)37-32(35)29-23-15-24(28-22-14-21(27(23)28)25-17-11-12-18(13-17)26(22)25)30(29)36-31(34)20-10-6-8-16-7-4-5-9-19(16)20/h4-12,17-18,21-30H,13-15H2,1-3H3. The fourth-order valence-electron chi connectivity index (χ4n) is 10.6. The smallest absolute Gasteiger partial charge is 0.339 e. The third kappa shape index (κ3) is 3.02. The molecule has 8 rings (SSSR count).